The molecule has 4 heteroatoms. The third kappa shape index (κ3) is 2.58. The predicted molar refractivity (Wildman–Crippen MR) is 83.1 cm³/mol. The summed E-state index contributed by atoms with van der Waals surface area (Å²) in [5.41, 5.74) is 3.06. The fraction of sp³-hybridized carbons (Fsp3) is 0.125. The van der Waals surface area contributed by atoms with Gasteiger partial charge in [0.25, 0.3) is 0 Å². The zero-order valence-electron chi connectivity index (χ0n) is 11.1. The smallest absolute Gasteiger partial charge is 0.0737 e. The molecule has 0 atom stereocenters. The molecule has 0 amide bonds. The van der Waals surface area contributed by atoms with E-state index in [2.05, 4.69) is 21.9 Å². The molecule has 0 spiro atoms. The van der Waals surface area contributed by atoms with Crippen molar-refractivity contribution in [1.29, 1.82) is 0 Å². The van der Waals surface area contributed by atoms with E-state index in [-0.39, 0.29) is 0 Å². The lowest BCUT2D eigenvalue weighted by molar-refractivity contribution is 0.888. The fourth-order valence-corrected chi connectivity index (χ4v) is 2.43. The molecule has 2 heterocycles. The van der Waals surface area contributed by atoms with E-state index in [1.54, 1.807) is 0 Å². The first-order valence-electron chi connectivity index (χ1n) is 6.39. The Hall–Kier alpha value is -2.13. The summed E-state index contributed by atoms with van der Waals surface area (Å²) in [6.07, 6.45) is 3.62. The lowest BCUT2D eigenvalue weighted by atomic mass is 10.1. The van der Waals surface area contributed by atoms with Gasteiger partial charge in [0.15, 0.2) is 0 Å². The van der Waals surface area contributed by atoms with Gasteiger partial charge in [-0.15, -0.1) is 0 Å². The van der Waals surface area contributed by atoms with E-state index in [0.29, 0.717) is 5.02 Å². The molecule has 0 unspecified atom stereocenters. The minimum absolute atomic E-state index is 0.703. The van der Waals surface area contributed by atoms with Crippen LogP contribution in [-0.4, -0.2) is 17.0 Å². The first kappa shape index (κ1) is 12.9. The highest BCUT2D eigenvalue weighted by Crippen LogP contribution is 2.27. The highest BCUT2D eigenvalue weighted by Gasteiger charge is 2.08. The number of aromatic nitrogens is 2. The fourth-order valence-electron chi connectivity index (χ4n) is 2.26. The quantitative estimate of drug-likeness (QED) is 0.729. The second-order valence-corrected chi connectivity index (χ2v) is 5.11. The van der Waals surface area contributed by atoms with Gasteiger partial charge in [0.2, 0.25) is 0 Å². The number of halogens is 1. The Labute approximate surface area is 122 Å². The van der Waals surface area contributed by atoms with E-state index in [0.717, 1.165) is 28.8 Å². The third-order valence-electron chi connectivity index (χ3n) is 3.22. The summed E-state index contributed by atoms with van der Waals surface area (Å²) in [5, 5.41) is 1.80. The molecule has 0 N–H and O–H groups in total. The lowest BCUT2D eigenvalue weighted by Gasteiger charge is -2.20. The Kier molecular flexibility index (Phi) is 3.52. The molecule has 0 radical (unpaired) electrons. The number of benzene rings is 1. The molecule has 3 aromatic rings. The van der Waals surface area contributed by atoms with Crippen molar-refractivity contribution in [2.45, 2.75) is 6.54 Å². The van der Waals surface area contributed by atoms with Crippen molar-refractivity contribution < 1.29 is 0 Å². The van der Waals surface area contributed by atoms with Crippen LogP contribution in [0.4, 0.5) is 5.69 Å². The van der Waals surface area contributed by atoms with Crippen molar-refractivity contribution in [2.24, 2.45) is 0 Å². The molecule has 0 aliphatic carbocycles. The van der Waals surface area contributed by atoms with E-state index < -0.39 is 0 Å². The number of hydrogen-bond donors (Lipinski definition) is 0. The maximum Gasteiger partial charge on any atom is 0.0737 e. The highest BCUT2D eigenvalue weighted by atomic mass is 35.5. The number of hydrogen-bond acceptors (Lipinski definition) is 3. The van der Waals surface area contributed by atoms with Gasteiger partial charge in [-0.25, -0.2) is 0 Å². The lowest BCUT2D eigenvalue weighted by Crippen LogP contribution is -2.17. The van der Waals surface area contributed by atoms with Gasteiger partial charge in [-0.2, -0.15) is 0 Å². The van der Waals surface area contributed by atoms with Gasteiger partial charge in [0.05, 0.1) is 17.8 Å². The summed E-state index contributed by atoms with van der Waals surface area (Å²) in [6.45, 7) is 0.753. The van der Waals surface area contributed by atoms with Gasteiger partial charge in [-0.3, -0.25) is 9.97 Å². The van der Waals surface area contributed by atoms with Gasteiger partial charge in [-0.05, 0) is 36.4 Å². The summed E-state index contributed by atoms with van der Waals surface area (Å²) in [6, 6.07) is 13.7. The summed E-state index contributed by atoms with van der Waals surface area (Å²) >= 11 is 6.02. The van der Waals surface area contributed by atoms with Crippen molar-refractivity contribution in [3.8, 4) is 0 Å². The third-order valence-corrected chi connectivity index (χ3v) is 3.45. The molecular formula is C16H14ClN3. The zero-order chi connectivity index (χ0) is 13.9. The van der Waals surface area contributed by atoms with Crippen LogP contribution in [0.5, 0.6) is 0 Å². The van der Waals surface area contributed by atoms with E-state index in [1.807, 2.05) is 54.9 Å². The Balaban J connectivity index is 1.97. The van der Waals surface area contributed by atoms with Crippen LogP contribution in [-0.2, 0) is 6.54 Å². The molecule has 0 fully saturated rings. The Morgan fingerprint density at radius 2 is 1.95 bits per heavy atom. The molecule has 0 saturated heterocycles. The van der Waals surface area contributed by atoms with Gasteiger partial charge < -0.3 is 4.90 Å². The summed E-state index contributed by atoms with van der Waals surface area (Å²) in [7, 11) is 2.05. The first-order chi connectivity index (χ1) is 9.74. The largest absolute Gasteiger partial charge is 0.368 e. The van der Waals surface area contributed by atoms with Gasteiger partial charge >= 0.3 is 0 Å². The van der Waals surface area contributed by atoms with Crippen molar-refractivity contribution in [3.05, 3.63) is 65.6 Å². The molecule has 0 aliphatic rings. The zero-order valence-corrected chi connectivity index (χ0v) is 11.9. The SMILES string of the molecule is CN(Cc1ccccn1)c1ccnc2cc(Cl)ccc12. The number of fused-ring (bicyclic) bond motifs is 1. The number of pyridine rings is 2. The summed E-state index contributed by atoms with van der Waals surface area (Å²) in [4.78, 5) is 10.9. The topological polar surface area (TPSA) is 29.0 Å². The van der Waals surface area contributed by atoms with Crippen LogP contribution < -0.4 is 4.90 Å². The number of rotatable bonds is 3. The molecule has 3 nitrogen and oxygen atoms in total. The second-order valence-electron chi connectivity index (χ2n) is 4.67. The van der Waals surface area contributed by atoms with E-state index in [1.165, 1.54) is 0 Å². The normalized spacial score (nSPS) is 10.7. The van der Waals surface area contributed by atoms with Gasteiger partial charge in [0, 0.05) is 35.5 Å². The maximum absolute atomic E-state index is 6.02. The average molecular weight is 284 g/mol. The van der Waals surface area contributed by atoms with Crippen LogP contribution in [0.25, 0.3) is 10.9 Å². The standard InChI is InChI=1S/C16H14ClN3/c1-20(11-13-4-2-3-8-18-13)16-7-9-19-15-10-12(17)5-6-14(15)16/h2-10H,11H2,1H3. The minimum Gasteiger partial charge on any atom is -0.368 e. The molecule has 0 aliphatic heterocycles. The van der Waals surface area contributed by atoms with Crippen LogP contribution in [0.1, 0.15) is 5.69 Å². The molecule has 1 aromatic carbocycles. The number of nitrogens with zero attached hydrogens (tertiary/aromatic N) is 3. The minimum atomic E-state index is 0.703. The molecule has 20 heavy (non-hydrogen) atoms. The molecule has 2 aromatic heterocycles. The van der Waals surface area contributed by atoms with E-state index >= 15 is 0 Å². The Morgan fingerprint density at radius 1 is 1.05 bits per heavy atom. The summed E-state index contributed by atoms with van der Waals surface area (Å²) in [5.74, 6) is 0. The summed E-state index contributed by atoms with van der Waals surface area (Å²) < 4.78 is 0. The molecule has 100 valence electrons. The first-order valence-corrected chi connectivity index (χ1v) is 6.77. The Morgan fingerprint density at radius 3 is 2.75 bits per heavy atom. The van der Waals surface area contributed by atoms with Crippen LogP contribution in [0, 0.1) is 0 Å². The maximum atomic E-state index is 6.02. The van der Waals surface area contributed by atoms with Crippen LogP contribution in [0.3, 0.4) is 0 Å². The van der Waals surface area contributed by atoms with Crippen molar-refractivity contribution in [1.82, 2.24) is 9.97 Å². The van der Waals surface area contributed by atoms with Crippen LogP contribution >= 0.6 is 11.6 Å². The molecule has 3 rings (SSSR count). The van der Waals surface area contributed by atoms with Crippen molar-refractivity contribution in [2.75, 3.05) is 11.9 Å². The van der Waals surface area contributed by atoms with Crippen LogP contribution in [0.2, 0.25) is 5.02 Å². The van der Waals surface area contributed by atoms with Gasteiger partial charge in [0.1, 0.15) is 0 Å². The Bertz CT molecular complexity index is 728. The van der Waals surface area contributed by atoms with Crippen molar-refractivity contribution in [3.63, 3.8) is 0 Å². The van der Waals surface area contributed by atoms with Gasteiger partial charge in [-0.1, -0.05) is 17.7 Å². The molecular weight excluding hydrogens is 270 g/mol. The van der Waals surface area contributed by atoms with Crippen LogP contribution in [0.15, 0.2) is 54.9 Å². The molecule has 0 saturated carbocycles. The predicted octanol–water partition coefficient (Wildman–Crippen LogP) is 3.92. The number of anilines is 1. The highest BCUT2D eigenvalue weighted by molar-refractivity contribution is 6.31. The monoisotopic (exact) mass is 283 g/mol. The molecule has 0 bridgehead atoms. The van der Waals surface area contributed by atoms with E-state index in [4.69, 9.17) is 11.6 Å². The van der Waals surface area contributed by atoms with E-state index in [9.17, 15) is 0 Å². The van der Waals surface area contributed by atoms with Crippen molar-refractivity contribution >= 4 is 28.2 Å². The second kappa shape index (κ2) is 5.47. The average Bonchev–Trinajstić information content (AvgIpc) is 2.47.